The third kappa shape index (κ3) is 5.62. The van der Waals surface area contributed by atoms with E-state index >= 15 is 0 Å². The number of aryl methyl sites for hydroxylation is 1. The van der Waals surface area contributed by atoms with Gasteiger partial charge < -0.3 is 10.2 Å². The first-order valence-corrected chi connectivity index (χ1v) is 13.0. The molecule has 1 fully saturated rings. The molecule has 0 aromatic heterocycles. The molecule has 0 unspecified atom stereocenters. The molecule has 0 radical (unpaired) electrons. The van der Waals surface area contributed by atoms with Crippen molar-refractivity contribution in [2.24, 2.45) is 11.8 Å². The van der Waals surface area contributed by atoms with E-state index in [4.69, 9.17) is 0 Å². The Balaban J connectivity index is 1.60. The normalized spacial score (nSPS) is 21.8. The van der Waals surface area contributed by atoms with Crippen molar-refractivity contribution < 1.29 is 18.0 Å². The summed E-state index contributed by atoms with van der Waals surface area (Å²) in [5.74, 6) is 0.492. The third-order valence-corrected chi connectivity index (χ3v) is 7.81. The monoisotopic (exact) mass is 469 g/mol. The van der Waals surface area contributed by atoms with Crippen molar-refractivity contribution in [3.05, 3.63) is 59.7 Å². The van der Waals surface area contributed by atoms with Crippen LogP contribution in [0.5, 0.6) is 0 Å². The summed E-state index contributed by atoms with van der Waals surface area (Å²) in [5, 5.41) is 2.77. The van der Waals surface area contributed by atoms with Crippen molar-refractivity contribution in [3.63, 3.8) is 0 Å². The Kier molecular flexibility index (Phi) is 6.86. The molecular weight excluding hydrogens is 438 g/mol. The summed E-state index contributed by atoms with van der Waals surface area (Å²) in [5.41, 5.74) is 2.31. The summed E-state index contributed by atoms with van der Waals surface area (Å²) in [6, 6.07) is 13.2. The maximum atomic E-state index is 13.5. The number of piperidine rings is 1. The van der Waals surface area contributed by atoms with E-state index in [0.29, 0.717) is 43.5 Å². The van der Waals surface area contributed by atoms with Crippen molar-refractivity contribution in [3.8, 4) is 0 Å². The second-order valence-corrected chi connectivity index (χ2v) is 11.1. The molecule has 1 saturated heterocycles. The highest BCUT2D eigenvalue weighted by Crippen LogP contribution is 2.26. The van der Waals surface area contributed by atoms with Gasteiger partial charge in [0, 0.05) is 25.2 Å². The molecule has 2 amide bonds. The highest BCUT2D eigenvalue weighted by Gasteiger charge is 2.33. The van der Waals surface area contributed by atoms with Crippen LogP contribution in [0.25, 0.3) is 0 Å². The number of carbonyl (C=O) groups excluding carboxylic acids is 2. The lowest BCUT2D eigenvalue weighted by Crippen LogP contribution is -2.53. The molecule has 176 valence electrons. The largest absolute Gasteiger partial charge is 0.341 e. The Morgan fingerprint density at radius 2 is 1.79 bits per heavy atom. The third-order valence-electron chi connectivity index (χ3n) is 6.34. The van der Waals surface area contributed by atoms with Crippen LogP contribution < -0.4 is 10.0 Å². The summed E-state index contributed by atoms with van der Waals surface area (Å²) in [4.78, 5) is 27.0. The zero-order valence-electron chi connectivity index (χ0n) is 19.1. The lowest BCUT2D eigenvalue weighted by Gasteiger charge is -2.37. The number of benzene rings is 2. The van der Waals surface area contributed by atoms with Gasteiger partial charge in [-0.3, -0.25) is 9.59 Å². The standard InChI is InChI=1S/C25H31N3O4S/c1-17-12-18(2)16-28(15-17)25(30)23(13-19-6-4-3-5-7-19)27-33(31,32)21-9-10-22-20(14-21)8-11-24(29)26-22/h3-7,9-10,14,17-18,23,27H,8,11-13,15-16H2,1-2H3,(H,26,29)/t17-,18+,23-/m1/s1. The smallest absolute Gasteiger partial charge is 0.241 e. The molecule has 0 aliphatic carbocycles. The number of hydrogen-bond acceptors (Lipinski definition) is 4. The predicted octanol–water partition coefficient (Wildman–Crippen LogP) is 2.97. The van der Waals surface area contributed by atoms with E-state index in [9.17, 15) is 18.0 Å². The summed E-state index contributed by atoms with van der Waals surface area (Å²) < 4.78 is 29.4. The second-order valence-electron chi connectivity index (χ2n) is 9.42. The van der Waals surface area contributed by atoms with Gasteiger partial charge in [-0.1, -0.05) is 44.2 Å². The molecule has 33 heavy (non-hydrogen) atoms. The molecule has 2 aliphatic heterocycles. The van der Waals surface area contributed by atoms with Crippen LogP contribution in [-0.4, -0.2) is 44.3 Å². The zero-order chi connectivity index (χ0) is 23.6. The van der Waals surface area contributed by atoms with E-state index in [0.717, 1.165) is 17.5 Å². The minimum Gasteiger partial charge on any atom is -0.341 e. The summed E-state index contributed by atoms with van der Waals surface area (Å²) >= 11 is 0. The highest BCUT2D eigenvalue weighted by atomic mass is 32.2. The minimum atomic E-state index is -3.95. The summed E-state index contributed by atoms with van der Waals surface area (Å²) in [7, 11) is -3.95. The fraction of sp³-hybridized carbons (Fsp3) is 0.440. The number of nitrogens with zero attached hydrogens (tertiary/aromatic N) is 1. The van der Waals surface area contributed by atoms with Crippen LogP contribution in [0.15, 0.2) is 53.4 Å². The Morgan fingerprint density at radius 3 is 2.48 bits per heavy atom. The maximum absolute atomic E-state index is 13.5. The van der Waals surface area contributed by atoms with Gasteiger partial charge in [0.25, 0.3) is 0 Å². The lowest BCUT2D eigenvalue weighted by atomic mass is 9.91. The van der Waals surface area contributed by atoms with Crippen LogP contribution in [0, 0.1) is 11.8 Å². The van der Waals surface area contributed by atoms with E-state index in [1.807, 2.05) is 30.3 Å². The molecule has 8 heteroatoms. The number of likely N-dealkylation sites (tertiary alicyclic amines) is 1. The molecule has 0 bridgehead atoms. The van der Waals surface area contributed by atoms with E-state index < -0.39 is 16.1 Å². The molecule has 4 rings (SSSR count). The molecule has 2 aromatic rings. The van der Waals surface area contributed by atoms with Gasteiger partial charge in [0.2, 0.25) is 21.8 Å². The lowest BCUT2D eigenvalue weighted by molar-refractivity contribution is -0.135. The highest BCUT2D eigenvalue weighted by molar-refractivity contribution is 7.89. The van der Waals surface area contributed by atoms with Crippen molar-refractivity contribution in [1.82, 2.24) is 9.62 Å². The Hall–Kier alpha value is -2.71. The van der Waals surface area contributed by atoms with Gasteiger partial charge >= 0.3 is 0 Å². The molecule has 3 atom stereocenters. The zero-order valence-corrected chi connectivity index (χ0v) is 19.9. The van der Waals surface area contributed by atoms with E-state index in [1.165, 1.54) is 6.07 Å². The first-order valence-electron chi connectivity index (χ1n) is 11.5. The first-order chi connectivity index (χ1) is 15.7. The van der Waals surface area contributed by atoms with E-state index in [2.05, 4.69) is 23.9 Å². The molecule has 2 heterocycles. The number of sulfonamides is 1. The molecule has 2 N–H and O–H groups in total. The Morgan fingerprint density at radius 1 is 1.09 bits per heavy atom. The van der Waals surface area contributed by atoms with Crippen LogP contribution in [0.4, 0.5) is 5.69 Å². The number of rotatable bonds is 6. The molecular formula is C25H31N3O4S. The number of anilines is 1. The molecule has 0 saturated carbocycles. The molecule has 2 aliphatic rings. The predicted molar refractivity (Wildman–Crippen MR) is 127 cm³/mol. The summed E-state index contributed by atoms with van der Waals surface area (Å²) in [6.45, 7) is 5.51. The van der Waals surface area contributed by atoms with Gasteiger partial charge in [0.05, 0.1) is 4.90 Å². The van der Waals surface area contributed by atoms with Gasteiger partial charge in [-0.05, 0) is 60.4 Å². The van der Waals surface area contributed by atoms with Crippen LogP contribution in [0.3, 0.4) is 0 Å². The molecule has 7 nitrogen and oxygen atoms in total. The average molecular weight is 470 g/mol. The fourth-order valence-corrected chi connectivity index (χ4v) is 6.11. The number of carbonyl (C=O) groups is 2. The molecule has 2 aromatic carbocycles. The number of hydrogen-bond donors (Lipinski definition) is 2. The van der Waals surface area contributed by atoms with Crippen LogP contribution >= 0.6 is 0 Å². The van der Waals surface area contributed by atoms with Crippen molar-refractivity contribution in [1.29, 1.82) is 0 Å². The second kappa shape index (κ2) is 9.65. The van der Waals surface area contributed by atoms with Gasteiger partial charge in [-0.2, -0.15) is 4.72 Å². The quantitative estimate of drug-likeness (QED) is 0.680. The maximum Gasteiger partial charge on any atom is 0.241 e. The minimum absolute atomic E-state index is 0.0743. The van der Waals surface area contributed by atoms with Crippen molar-refractivity contribution >= 4 is 27.5 Å². The van der Waals surface area contributed by atoms with E-state index in [1.54, 1.807) is 17.0 Å². The molecule has 0 spiro atoms. The van der Waals surface area contributed by atoms with Gasteiger partial charge in [0.15, 0.2) is 0 Å². The van der Waals surface area contributed by atoms with Crippen molar-refractivity contribution in [2.45, 2.75) is 50.5 Å². The Bertz CT molecular complexity index is 1120. The average Bonchev–Trinajstić information content (AvgIpc) is 2.77. The van der Waals surface area contributed by atoms with Gasteiger partial charge in [-0.25, -0.2) is 8.42 Å². The first kappa shape index (κ1) is 23.4. The number of amides is 2. The summed E-state index contributed by atoms with van der Waals surface area (Å²) in [6.07, 6.45) is 2.15. The number of fused-ring (bicyclic) bond motifs is 1. The number of nitrogens with one attached hydrogen (secondary N) is 2. The van der Waals surface area contributed by atoms with Gasteiger partial charge in [0.1, 0.15) is 6.04 Å². The van der Waals surface area contributed by atoms with Crippen LogP contribution in [0.1, 0.15) is 37.8 Å². The van der Waals surface area contributed by atoms with Crippen molar-refractivity contribution in [2.75, 3.05) is 18.4 Å². The van der Waals surface area contributed by atoms with Crippen LogP contribution in [0.2, 0.25) is 0 Å². The van der Waals surface area contributed by atoms with Gasteiger partial charge in [-0.15, -0.1) is 0 Å². The van der Waals surface area contributed by atoms with Crippen LogP contribution in [-0.2, 0) is 32.5 Å². The fourth-order valence-electron chi connectivity index (χ4n) is 4.87. The Labute approximate surface area is 195 Å². The van der Waals surface area contributed by atoms with E-state index in [-0.39, 0.29) is 23.1 Å². The topological polar surface area (TPSA) is 95.6 Å². The SMILES string of the molecule is C[C@@H]1C[C@H](C)CN(C(=O)[C@@H](Cc2ccccc2)NS(=O)(=O)c2ccc3c(c2)CCC(=O)N3)C1.